The molecule has 0 spiro atoms. The molecule has 0 atom stereocenters. The monoisotopic (exact) mass is 355 g/mol. The molecule has 26 heavy (non-hydrogen) atoms. The van der Waals surface area contributed by atoms with Crippen LogP contribution in [0.5, 0.6) is 11.6 Å². The highest BCUT2D eigenvalue weighted by Gasteiger charge is 2.22. The number of rotatable bonds is 6. The predicted molar refractivity (Wildman–Crippen MR) is 101 cm³/mol. The Kier molecular flexibility index (Phi) is 6.24. The van der Waals surface area contributed by atoms with E-state index in [1.165, 1.54) is 6.33 Å². The maximum Gasteiger partial charge on any atom is 0.317 e. The third-order valence-electron chi connectivity index (χ3n) is 4.29. The van der Waals surface area contributed by atoms with Crippen molar-refractivity contribution in [1.82, 2.24) is 20.2 Å². The van der Waals surface area contributed by atoms with E-state index in [0.717, 1.165) is 44.0 Å². The maximum atomic E-state index is 12.1. The number of carbonyl (C=O) groups is 1. The number of hydrogen-bond acceptors (Lipinski definition) is 5. The Morgan fingerprint density at radius 2 is 1.92 bits per heavy atom. The van der Waals surface area contributed by atoms with Crippen LogP contribution in [0.15, 0.2) is 42.7 Å². The van der Waals surface area contributed by atoms with E-state index in [9.17, 15) is 4.79 Å². The summed E-state index contributed by atoms with van der Waals surface area (Å²) in [4.78, 5) is 24.7. The number of benzene rings is 1. The van der Waals surface area contributed by atoms with Gasteiger partial charge >= 0.3 is 6.03 Å². The summed E-state index contributed by atoms with van der Waals surface area (Å²) in [5.41, 5.74) is 0. The van der Waals surface area contributed by atoms with Gasteiger partial charge < -0.3 is 19.9 Å². The second-order valence-corrected chi connectivity index (χ2v) is 6.19. The van der Waals surface area contributed by atoms with E-state index >= 15 is 0 Å². The molecule has 2 amide bonds. The van der Waals surface area contributed by atoms with E-state index in [2.05, 4.69) is 27.1 Å². The minimum atomic E-state index is 0.0221. The zero-order valence-corrected chi connectivity index (χ0v) is 15.1. The first-order chi connectivity index (χ1) is 12.8. The molecule has 2 aromatic rings. The van der Waals surface area contributed by atoms with Crippen LogP contribution in [0.2, 0.25) is 0 Å². The molecule has 1 aliphatic heterocycles. The first-order valence-electron chi connectivity index (χ1n) is 9.09. The normalized spacial score (nSPS) is 14.2. The number of carbonyl (C=O) groups excluding carboxylic acids is 1. The van der Waals surface area contributed by atoms with Crippen LogP contribution in [-0.2, 0) is 0 Å². The number of unbranched alkanes of at least 4 members (excludes halogenated alkanes) is 1. The first kappa shape index (κ1) is 18.0. The molecule has 2 heterocycles. The lowest BCUT2D eigenvalue weighted by Crippen LogP contribution is -2.52. The second kappa shape index (κ2) is 9.03. The quantitative estimate of drug-likeness (QED) is 0.807. The zero-order valence-electron chi connectivity index (χ0n) is 15.1. The lowest BCUT2D eigenvalue weighted by atomic mass is 10.3. The van der Waals surface area contributed by atoms with Crippen LogP contribution in [-0.4, -0.2) is 53.6 Å². The molecular formula is C19H25N5O2. The molecule has 0 bridgehead atoms. The van der Waals surface area contributed by atoms with E-state index in [0.29, 0.717) is 19.0 Å². The molecule has 0 saturated carbocycles. The van der Waals surface area contributed by atoms with Crippen molar-refractivity contribution in [3.63, 3.8) is 0 Å². The Bertz CT molecular complexity index is 702. The molecule has 1 aliphatic rings. The first-order valence-corrected chi connectivity index (χ1v) is 9.09. The third kappa shape index (κ3) is 4.84. The van der Waals surface area contributed by atoms with Crippen LogP contribution >= 0.6 is 0 Å². The Morgan fingerprint density at radius 1 is 1.15 bits per heavy atom. The van der Waals surface area contributed by atoms with E-state index in [1.54, 1.807) is 0 Å². The molecule has 138 valence electrons. The summed E-state index contributed by atoms with van der Waals surface area (Å²) in [6.07, 6.45) is 3.60. The fourth-order valence-electron chi connectivity index (χ4n) is 2.79. The molecule has 1 N–H and O–H groups in total. The molecule has 1 saturated heterocycles. The topological polar surface area (TPSA) is 70.6 Å². The number of amides is 2. The summed E-state index contributed by atoms with van der Waals surface area (Å²) in [5, 5.41) is 2.97. The number of anilines is 1. The second-order valence-electron chi connectivity index (χ2n) is 6.19. The number of aromatic nitrogens is 2. The smallest absolute Gasteiger partial charge is 0.317 e. The van der Waals surface area contributed by atoms with Gasteiger partial charge in [-0.3, -0.25) is 0 Å². The van der Waals surface area contributed by atoms with Gasteiger partial charge in [0.15, 0.2) is 0 Å². The van der Waals surface area contributed by atoms with Crippen molar-refractivity contribution in [2.24, 2.45) is 0 Å². The van der Waals surface area contributed by atoms with E-state index in [1.807, 2.05) is 41.3 Å². The van der Waals surface area contributed by atoms with Crippen molar-refractivity contribution < 1.29 is 9.53 Å². The molecule has 1 fully saturated rings. The Hall–Kier alpha value is -2.83. The van der Waals surface area contributed by atoms with Crippen LogP contribution in [0.3, 0.4) is 0 Å². The molecular weight excluding hydrogens is 330 g/mol. The minimum absolute atomic E-state index is 0.0221. The van der Waals surface area contributed by atoms with Gasteiger partial charge in [-0.1, -0.05) is 31.5 Å². The number of para-hydroxylation sites is 1. The van der Waals surface area contributed by atoms with Crippen molar-refractivity contribution in [3.8, 4) is 11.6 Å². The van der Waals surface area contributed by atoms with Gasteiger partial charge in [-0.2, -0.15) is 0 Å². The Labute approximate surface area is 154 Å². The summed E-state index contributed by atoms with van der Waals surface area (Å²) in [6, 6.07) is 11.4. The lowest BCUT2D eigenvalue weighted by molar-refractivity contribution is 0.194. The Morgan fingerprint density at radius 3 is 2.65 bits per heavy atom. The highest BCUT2D eigenvalue weighted by atomic mass is 16.5. The zero-order chi connectivity index (χ0) is 18.2. The SMILES string of the molecule is CCCCNC(=O)N1CCN(c2cc(Oc3ccccc3)ncn2)CC1. The van der Waals surface area contributed by atoms with Crippen molar-refractivity contribution in [2.45, 2.75) is 19.8 Å². The van der Waals surface area contributed by atoms with Crippen LogP contribution < -0.4 is 15.0 Å². The van der Waals surface area contributed by atoms with Gasteiger partial charge in [-0.05, 0) is 18.6 Å². The van der Waals surface area contributed by atoms with Gasteiger partial charge in [0.25, 0.3) is 0 Å². The third-order valence-corrected chi connectivity index (χ3v) is 4.29. The minimum Gasteiger partial charge on any atom is -0.439 e. The number of urea groups is 1. The average Bonchev–Trinajstić information content (AvgIpc) is 2.69. The average molecular weight is 355 g/mol. The maximum absolute atomic E-state index is 12.1. The molecule has 1 aromatic heterocycles. The fraction of sp³-hybridized carbons (Fsp3) is 0.421. The van der Waals surface area contributed by atoms with Gasteiger partial charge in [0.05, 0.1) is 0 Å². The summed E-state index contributed by atoms with van der Waals surface area (Å²) < 4.78 is 5.77. The number of ether oxygens (including phenoxy) is 1. The predicted octanol–water partition coefficient (Wildman–Crippen LogP) is 2.90. The van der Waals surface area contributed by atoms with Crippen molar-refractivity contribution >= 4 is 11.8 Å². The molecule has 7 heteroatoms. The Balaban J connectivity index is 1.54. The van der Waals surface area contributed by atoms with Gasteiger partial charge in [-0.15, -0.1) is 0 Å². The summed E-state index contributed by atoms with van der Waals surface area (Å²) >= 11 is 0. The van der Waals surface area contributed by atoms with Gasteiger partial charge in [0, 0.05) is 38.8 Å². The van der Waals surface area contributed by atoms with Gasteiger partial charge in [0.2, 0.25) is 5.88 Å². The van der Waals surface area contributed by atoms with E-state index in [-0.39, 0.29) is 6.03 Å². The largest absolute Gasteiger partial charge is 0.439 e. The molecule has 0 unspecified atom stereocenters. The van der Waals surface area contributed by atoms with Crippen LogP contribution in [0.25, 0.3) is 0 Å². The molecule has 7 nitrogen and oxygen atoms in total. The van der Waals surface area contributed by atoms with Gasteiger partial charge in [-0.25, -0.2) is 14.8 Å². The van der Waals surface area contributed by atoms with Crippen LogP contribution in [0.1, 0.15) is 19.8 Å². The molecule has 3 rings (SSSR count). The summed E-state index contributed by atoms with van der Waals surface area (Å²) in [6.45, 7) is 5.68. The highest BCUT2D eigenvalue weighted by Crippen LogP contribution is 2.22. The van der Waals surface area contributed by atoms with Gasteiger partial charge in [0.1, 0.15) is 17.9 Å². The summed E-state index contributed by atoms with van der Waals surface area (Å²) in [5.74, 6) is 2.07. The fourth-order valence-corrected chi connectivity index (χ4v) is 2.79. The summed E-state index contributed by atoms with van der Waals surface area (Å²) in [7, 11) is 0. The van der Waals surface area contributed by atoms with Crippen LogP contribution in [0.4, 0.5) is 10.6 Å². The molecule has 0 radical (unpaired) electrons. The van der Waals surface area contributed by atoms with Crippen molar-refractivity contribution in [1.29, 1.82) is 0 Å². The van der Waals surface area contributed by atoms with E-state index in [4.69, 9.17) is 4.74 Å². The van der Waals surface area contributed by atoms with E-state index < -0.39 is 0 Å². The number of piperazine rings is 1. The lowest BCUT2D eigenvalue weighted by Gasteiger charge is -2.35. The van der Waals surface area contributed by atoms with Crippen LogP contribution in [0, 0.1) is 0 Å². The van der Waals surface area contributed by atoms with Crippen molar-refractivity contribution in [3.05, 3.63) is 42.7 Å². The number of nitrogens with one attached hydrogen (secondary N) is 1. The number of hydrogen-bond donors (Lipinski definition) is 1. The highest BCUT2D eigenvalue weighted by molar-refractivity contribution is 5.74. The number of nitrogens with zero attached hydrogens (tertiary/aromatic N) is 4. The standard InChI is InChI=1S/C19H25N5O2/c1-2-3-9-20-19(25)24-12-10-23(11-13-24)17-14-18(22-15-21-17)26-16-7-5-4-6-8-16/h4-8,14-15H,2-3,9-13H2,1H3,(H,20,25). The molecule has 1 aromatic carbocycles. The molecule has 0 aliphatic carbocycles. The van der Waals surface area contributed by atoms with Crippen molar-refractivity contribution in [2.75, 3.05) is 37.6 Å².